The van der Waals surface area contributed by atoms with E-state index in [0.29, 0.717) is 35.4 Å². The minimum absolute atomic E-state index is 0.0660. The summed E-state index contributed by atoms with van der Waals surface area (Å²) in [5, 5.41) is 10.2. The second-order valence-corrected chi connectivity index (χ2v) is 6.22. The van der Waals surface area contributed by atoms with Crippen molar-refractivity contribution in [1.82, 2.24) is 0 Å². The number of benzene rings is 2. The summed E-state index contributed by atoms with van der Waals surface area (Å²) in [4.78, 5) is 0. The molecule has 6 heteroatoms. The molecular weight excluding hydrogens is 336 g/mol. The number of hydrogen-bond acceptors (Lipinski definition) is 6. The summed E-state index contributed by atoms with van der Waals surface area (Å²) in [6.45, 7) is 0.518. The van der Waals surface area contributed by atoms with Gasteiger partial charge in [0.2, 0.25) is 11.5 Å². The van der Waals surface area contributed by atoms with Crippen molar-refractivity contribution < 1.29 is 28.8 Å². The lowest BCUT2D eigenvalue weighted by Crippen LogP contribution is -2.23. The summed E-state index contributed by atoms with van der Waals surface area (Å²) in [6.07, 6.45) is 1.60. The number of phenols is 1. The number of methoxy groups -OCH3 is 4. The molecule has 0 aliphatic carbocycles. The maximum Gasteiger partial charge on any atom is 0.203 e. The molecule has 1 N–H and O–H groups in total. The normalized spacial score (nSPS) is 15.6. The van der Waals surface area contributed by atoms with Gasteiger partial charge >= 0.3 is 0 Å². The summed E-state index contributed by atoms with van der Waals surface area (Å²) in [5.74, 6) is 3.15. The van der Waals surface area contributed by atoms with Crippen molar-refractivity contribution in [2.75, 3.05) is 35.0 Å². The monoisotopic (exact) mass is 360 g/mol. The average Bonchev–Trinajstić information content (AvgIpc) is 2.67. The van der Waals surface area contributed by atoms with E-state index in [9.17, 15) is 5.11 Å². The zero-order valence-electron chi connectivity index (χ0n) is 15.5. The molecule has 2 aromatic carbocycles. The van der Waals surface area contributed by atoms with E-state index >= 15 is 0 Å². The van der Waals surface area contributed by atoms with E-state index in [-0.39, 0.29) is 11.7 Å². The van der Waals surface area contributed by atoms with Crippen LogP contribution < -0.4 is 23.7 Å². The highest BCUT2D eigenvalue weighted by Crippen LogP contribution is 2.43. The number of hydrogen-bond donors (Lipinski definition) is 1. The van der Waals surface area contributed by atoms with E-state index in [0.717, 1.165) is 24.0 Å². The zero-order valence-corrected chi connectivity index (χ0v) is 15.5. The van der Waals surface area contributed by atoms with E-state index in [1.807, 2.05) is 18.2 Å². The molecular formula is C20H24O6. The molecule has 1 unspecified atom stereocenters. The summed E-state index contributed by atoms with van der Waals surface area (Å²) in [5.41, 5.74) is 2.06. The topological polar surface area (TPSA) is 66.4 Å². The van der Waals surface area contributed by atoms with Gasteiger partial charge in [-0.2, -0.15) is 0 Å². The number of rotatable bonds is 6. The third-order valence-corrected chi connectivity index (χ3v) is 4.62. The number of aromatic hydroxyl groups is 1. The van der Waals surface area contributed by atoms with Gasteiger partial charge in [-0.3, -0.25) is 0 Å². The van der Waals surface area contributed by atoms with Crippen LogP contribution in [0, 0.1) is 5.92 Å². The Morgan fingerprint density at radius 1 is 0.962 bits per heavy atom. The van der Waals surface area contributed by atoms with Crippen LogP contribution in [-0.2, 0) is 12.8 Å². The van der Waals surface area contributed by atoms with Gasteiger partial charge in [0, 0.05) is 5.92 Å². The predicted molar refractivity (Wildman–Crippen MR) is 97.1 cm³/mol. The summed E-state index contributed by atoms with van der Waals surface area (Å²) in [7, 11) is 6.33. The second-order valence-electron chi connectivity index (χ2n) is 6.22. The maximum atomic E-state index is 10.2. The molecule has 1 aliphatic rings. The lowest BCUT2D eigenvalue weighted by atomic mass is 9.90. The fourth-order valence-electron chi connectivity index (χ4n) is 3.37. The lowest BCUT2D eigenvalue weighted by Gasteiger charge is -2.26. The molecule has 1 heterocycles. The molecule has 1 aliphatic heterocycles. The van der Waals surface area contributed by atoms with Crippen molar-refractivity contribution in [3.8, 4) is 34.5 Å². The smallest absolute Gasteiger partial charge is 0.203 e. The van der Waals surface area contributed by atoms with Gasteiger partial charge in [-0.15, -0.1) is 0 Å². The Labute approximate surface area is 153 Å². The fraction of sp³-hybridized carbons (Fsp3) is 0.400. The van der Waals surface area contributed by atoms with Crippen LogP contribution in [0.4, 0.5) is 0 Å². The second kappa shape index (κ2) is 7.64. The molecule has 0 radical (unpaired) electrons. The third-order valence-electron chi connectivity index (χ3n) is 4.62. The van der Waals surface area contributed by atoms with Gasteiger partial charge in [0.25, 0.3) is 0 Å². The van der Waals surface area contributed by atoms with Crippen molar-refractivity contribution in [1.29, 1.82) is 0 Å². The number of phenolic OH excluding ortho intramolecular Hbond substituents is 1. The van der Waals surface area contributed by atoms with Crippen molar-refractivity contribution in [2.24, 2.45) is 5.92 Å². The first kappa shape index (κ1) is 18.0. The quantitative estimate of drug-likeness (QED) is 0.853. The van der Waals surface area contributed by atoms with E-state index in [1.165, 1.54) is 7.11 Å². The van der Waals surface area contributed by atoms with Crippen molar-refractivity contribution in [3.63, 3.8) is 0 Å². The van der Waals surface area contributed by atoms with Gasteiger partial charge in [0.05, 0.1) is 35.0 Å². The Hall–Kier alpha value is -2.76. The van der Waals surface area contributed by atoms with Gasteiger partial charge in [0.1, 0.15) is 0 Å². The predicted octanol–water partition coefficient (Wildman–Crippen LogP) is 3.22. The van der Waals surface area contributed by atoms with Crippen LogP contribution in [0.1, 0.15) is 11.1 Å². The number of ether oxygens (including phenoxy) is 5. The molecule has 2 aromatic rings. The molecule has 0 bridgehead atoms. The Morgan fingerprint density at radius 2 is 1.62 bits per heavy atom. The van der Waals surface area contributed by atoms with Crippen LogP contribution in [0.5, 0.6) is 34.5 Å². The van der Waals surface area contributed by atoms with Crippen LogP contribution in [0.3, 0.4) is 0 Å². The molecule has 0 aromatic heterocycles. The highest BCUT2D eigenvalue weighted by Gasteiger charge is 2.25. The first-order valence-electron chi connectivity index (χ1n) is 8.41. The zero-order chi connectivity index (χ0) is 18.7. The Bertz CT molecular complexity index is 761. The highest BCUT2D eigenvalue weighted by atomic mass is 16.5. The van der Waals surface area contributed by atoms with E-state index in [1.54, 1.807) is 27.4 Å². The Morgan fingerprint density at radius 3 is 2.19 bits per heavy atom. The minimum atomic E-state index is 0.0660. The minimum Gasteiger partial charge on any atom is -0.502 e. The van der Waals surface area contributed by atoms with Crippen LogP contribution in [0.25, 0.3) is 0 Å². The summed E-state index contributed by atoms with van der Waals surface area (Å²) in [6, 6.07) is 7.62. The van der Waals surface area contributed by atoms with Crippen LogP contribution in [0.2, 0.25) is 0 Å². The van der Waals surface area contributed by atoms with Crippen LogP contribution in [0.15, 0.2) is 24.3 Å². The van der Waals surface area contributed by atoms with Gasteiger partial charge in [-0.25, -0.2) is 0 Å². The van der Waals surface area contributed by atoms with Gasteiger partial charge < -0.3 is 28.8 Å². The van der Waals surface area contributed by atoms with Gasteiger partial charge in [0.15, 0.2) is 23.0 Å². The first-order chi connectivity index (χ1) is 12.6. The van der Waals surface area contributed by atoms with Crippen LogP contribution in [-0.4, -0.2) is 40.2 Å². The SMILES string of the molecule is COc1ccc2c(c1O)OCC(Cc1cc(OC)c(OC)c(OC)c1)C2. The van der Waals surface area contributed by atoms with E-state index in [2.05, 4.69) is 0 Å². The third kappa shape index (κ3) is 3.31. The Kier molecular flexibility index (Phi) is 5.30. The van der Waals surface area contributed by atoms with Crippen molar-refractivity contribution in [2.45, 2.75) is 12.8 Å². The molecule has 140 valence electrons. The molecule has 6 nitrogen and oxygen atoms in total. The van der Waals surface area contributed by atoms with E-state index < -0.39 is 0 Å². The van der Waals surface area contributed by atoms with Crippen LogP contribution >= 0.6 is 0 Å². The summed E-state index contributed by atoms with van der Waals surface area (Å²) >= 11 is 0. The van der Waals surface area contributed by atoms with Gasteiger partial charge in [-0.1, -0.05) is 6.07 Å². The van der Waals surface area contributed by atoms with E-state index in [4.69, 9.17) is 23.7 Å². The molecule has 1 atom stereocenters. The molecule has 0 saturated heterocycles. The van der Waals surface area contributed by atoms with Gasteiger partial charge in [-0.05, 0) is 42.2 Å². The maximum absolute atomic E-state index is 10.2. The average molecular weight is 360 g/mol. The molecule has 26 heavy (non-hydrogen) atoms. The summed E-state index contributed by atoms with van der Waals surface area (Å²) < 4.78 is 27.2. The van der Waals surface area contributed by atoms with Crippen molar-refractivity contribution in [3.05, 3.63) is 35.4 Å². The number of fused-ring (bicyclic) bond motifs is 1. The molecule has 0 amide bonds. The molecule has 0 fully saturated rings. The largest absolute Gasteiger partial charge is 0.502 e. The fourth-order valence-corrected chi connectivity index (χ4v) is 3.37. The highest BCUT2D eigenvalue weighted by molar-refractivity contribution is 5.56. The molecule has 3 rings (SSSR count). The molecule has 0 spiro atoms. The Balaban J connectivity index is 1.82. The standard InChI is InChI=1S/C20H24O6/c1-22-15-6-5-14-8-13(11-26-19(14)18(15)21)7-12-9-16(23-2)20(25-4)17(10-12)24-3/h5-6,9-10,13,21H,7-8,11H2,1-4H3. The molecule has 0 saturated carbocycles. The lowest BCUT2D eigenvalue weighted by molar-refractivity contribution is 0.209. The first-order valence-corrected chi connectivity index (χ1v) is 8.41. The van der Waals surface area contributed by atoms with Crippen molar-refractivity contribution >= 4 is 0 Å².